The molecule has 0 amide bonds. The van der Waals surface area contributed by atoms with Crippen LogP contribution in [0.5, 0.6) is 0 Å². The minimum absolute atomic E-state index is 0.347. The molecule has 3 atom stereocenters. The van der Waals surface area contributed by atoms with Gasteiger partial charge in [-0.2, -0.15) is 5.26 Å². The van der Waals surface area contributed by atoms with E-state index < -0.39 is 0 Å². The van der Waals surface area contributed by atoms with Crippen molar-refractivity contribution < 1.29 is 0 Å². The van der Waals surface area contributed by atoms with Crippen molar-refractivity contribution >= 4 is 0 Å². The molecule has 0 aromatic carbocycles. The lowest BCUT2D eigenvalue weighted by Crippen LogP contribution is -2.02. The van der Waals surface area contributed by atoms with Crippen LogP contribution in [0.3, 0.4) is 0 Å². The van der Waals surface area contributed by atoms with E-state index in [2.05, 4.69) is 31.4 Å². The summed E-state index contributed by atoms with van der Waals surface area (Å²) in [6, 6.07) is 2.34. The molecule has 0 aliphatic heterocycles. The highest BCUT2D eigenvalue weighted by molar-refractivity contribution is 5.14. The Morgan fingerprint density at radius 1 is 1.27 bits per heavy atom. The number of hydrogen-bond acceptors (Lipinski definition) is 1. The Balaban J connectivity index is 0.000000281. The number of nitriles is 1. The third-order valence-electron chi connectivity index (χ3n) is 2.44. The summed E-state index contributed by atoms with van der Waals surface area (Å²) in [6.07, 6.45) is 6.84. The van der Waals surface area contributed by atoms with Gasteiger partial charge in [-0.15, -0.1) is 13.2 Å². The van der Waals surface area contributed by atoms with Crippen molar-refractivity contribution in [2.24, 2.45) is 17.8 Å². The second kappa shape index (κ2) is 3.39. The maximum Gasteiger partial charge on any atom is 0.0662 e. The van der Waals surface area contributed by atoms with Crippen LogP contribution in [0.2, 0.25) is 0 Å². The Morgan fingerprint density at radius 3 is 2.27 bits per heavy atom. The van der Waals surface area contributed by atoms with Gasteiger partial charge in [0, 0.05) is 0 Å². The highest BCUT2D eigenvalue weighted by Crippen LogP contribution is 2.42. The SMILES string of the molecule is C=C.N#CC1CC2C=CC1C2. The lowest BCUT2D eigenvalue weighted by Gasteiger charge is -2.06. The van der Waals surface area contributed by atoms with Crippen LogP contribution in [0.25, 0.3) is 0 Å². The molecule has 0 N–H and O–H groups in total. The zero-order chi connectivity index (χ0) is 8.27. The van der Waals surface area contributed by atoms with E-state index >= 15 is 0 Å². The smallest absolute Gasteiger partial charge is 0.0662 e. The molecule has 58 valence electrons. The summed E-state index contributed by atoms with van der Waals surface area (Å²) < 4.78 is 0. The van der Waals surface area contributed by atoms with E-state index in [0.717, 1.165) is 12.3 Å². The van der Waals surface area contributed by atoms with E-state index in [4.69, 9.17) is 5.26 Å². The third kappa shape index (κ3) is 1.35. The van der Waals surface area contributed by atoms with Crippen molar-refractivity contribution in [2.45, 2.75) is 12.8 Å². The molecule has 0 radical (unpaired) electrons. The first-order valence-corrected chi connectivity index (χ1v) is 3.98. The molecule has 0 heterocycles. The third-order valence-corrected chi connectivity index (χ3v) is 2.44. The molecule has 1 nitrogen and oxygen atoms in total. The Morgan fingerprint density at radius 2 is 2.00 bits per heavy atom. The zero-order valence-electron chi connectivity index (χ0n) is 6.66. The number of allylic oxidation sites excluding steroid dienone is 2. The van der Waals surface area contributed by atoms with Crippen LogP contribution in [0, 0.1) is 29.1 Å². The summed E-state index contributed by atoms with van der Waals surface area (Å²) in [6.45, 7) is 6.00. The average molecular weight is 147 g/mol. The van der Waals surface area contributed by atoms with Gasteiger partial charge in [-0.05, 0) is 24.7 Å². The molecule has 0 aromatic rings. The number of hydrogen-bond donors (Lipinski definition) is 0. The molecular weight excluding hydrogens is 134 g/mol. The van der Waals surface area contributed by atoms with Gasteiger partial charge in [-0.1, -0.05) is 12.2 Å². The molecule has 0 spiro atoms. The van der Waals surface area contributed by atoms with E-state index in [0.29, 0.717) is 11.8 Å². The summed E-state index contributed by atoms with van der Waals surface area (Å²) in [5.41, 5.74) is 0. The monoisotopic (exact) mass is 147 g/mol. The number of nitrogens with zero attached hydrogens (tertiary/aromatic N) is 1. The topological polar surface area (TPSA) is 23.8 Å². The van der Waals surface area contributed by atoms with Gasteiger partial charge in [0.15, 0.2) is 0 Å². The molecule has 1 heteroatoms. The molecule has 2 aliphatic carbocycles. The number of rotatable bonds is 0. The molecule has 0 saturated heterocycles. The quantitative estimate of drug-likeness (QED) is 0.483. The first-order chi connectivity index (χ1) is 5.40. The molecule has 2 aliphatic rings. The van der Waals surface area contributed by atoms with Crippen LogP contribution in [0.15, 0.2) is 25.3 Å². The van der Waals surface area contributed by atoms with Gasteiger partial charge in [0.1, 0.15) is 0 Å². The molecule has 11 heavy (non-hydrogen) atoms. The highest BCUT2D eigenvalue weighted by Gasteiger charge is 2.35. The van der Waals surface area contributed by atoms with E-state index in [1.165, 1.54) is 6.42 Å². The van der Waals surface area contributed by atoms with Crippen molar-refractivity contribution in [2.75, 3.05) is 0 Å². The predicted octanol–water partition coefficient (Wildman–Crippen LogP) is 2.52. The molecule has 0 aromatic heterocycles. The van der Waals surface area contributed by atoms with Crippen molar-refractivity contribution in [3.05, 3.63) is 25.3 Å². The Hall–Kier alpha value is -1.03. The summed E-state index contributed by atoms with van der Waals surface area (Å²) in [5.74, 6) is 1.71. The van der Waals surface area contributed by atoms with Crippen LogP contribution >= 0.6 is 0 Å². The standard InChI is InChI=1S/C8H9N.C2H4/c9-5-8-4-6-1-2-7(8)3-6;1-2/h1-2,6-8H,3-4H2;1-2H2. The fourth-order valence-electron chi connectivity index (χ4n) is 1.93. The maximum absolute atomic E-state index is 8.60. The average Bonchev–Trinajstić information content (AvgIpc) is 2.67. The van der Waals surface area contributed by atoms with Crippen LogP contribution in [-0.2, 0) is 0 Å². The van der Waals surface area contributed by atoms with Gasteiger partial charge in [0.25, 0.3) is 0 Å². The van der Waals surface area contributed by atoms with Crippen LogP contribution < -0.4 is 0 Å². The number of fused-ring (bicyclic) bond motifs is 2. The van der Waals surface area contributed by atoms with Gasteiger partial charge in [-0.3, -0.25) is 0 Å². The van der Waals surface area contributed by atoms with Crippen molar-refractivity contribution in [1.29, 1.82) is 5.26 Å². The van der Waals surface area contributed by atoms with Crippen molar-refractivity contribution in [3.63, 3.8) is 0 Å². The Kier molecular flexibility index (Phi) is 2.48. The molecule has 2 rings (SSSR count). The first-order valence-electron chi connectivity index (χ1n) is 3.98. The minimum atomic E-state index is 0.347. The fourth-order valence-corrected chi connectivity index (χ4v) is 1.93. The van der Waals surface area contributed by atoms with Gasteiger partial charge in [0.2, 0.25) is 0 Å². The van der Waals surface area contributed by atoms with E-state index in [1.807, 2.05) is 0 Å². The van der Waals surface area contributed by atoms with E-state index in [-0.39, 0.29) is 0 Å². The molecule has 3 unspecified atom stereocenters. The first kappa shape index (κ1) is 8.07. The summed E-state index contributed by atoms with van der Waals surface area (Å²) >= 11 is 0. The molecule has 1 fully saturated rings. The van der Waals surface area contributed by atoms with Crippen LogP contribution in [0.1, 0.15) is 12.8 Å². The zero-order valence-corrected chi connectivity index (χ0v) is 6.66. The van der Waals surface area contributed by atoms with Crippen molar-refractivity contribution in [3.8, 4) is 6.07 Å². The van der Waals surface area contributed by atoms with Gasteiger partial charge >= 0.3 is 0 Å². The second-order valence-electron chi connectivity index (χ2n) is 3.02. The van der Waals surface area contributed by atoms with Gasteiger partial charge < -0.3 is 0 Å². The summed E-state index contributed by atoms with van der Waals surface area (Å²) in [4.78, 5) is 0. The van der Waals surface area contributed by atoms with Crippen LogP contribution in [-0.4, -0.2) is 0 Å². The molecule has 1 saturated carbocycles. The van der Waals surface area contributed by atoms with E-state index in [9.17, 15) is 0 Å². The molecular formula is C10H13N. The predicted molar refractivity (Wildman–Crippen MR) is 45.7 cm³/mol. The Labute approximate surface area is 68.0 Å². The van der Waals surface area contributed by atoms with Gasteiger partial charge in [0.05, 0.1) is 12.0 Å². The largest absolute Gasteiger partial charge is 0.198 e. The normalized spacial score (nSPS) is 37.5. The van der Waals surface area contributed by atoms with Crippen LogP contribution in [0.4, 0.5) is 0 Å². The summed E-state index contributed by atoms with van der Waals surface area (Å²) in [7, 11) is 0. The summed E-state index contributed by atoms with van der Waals surface area (Å²) in [5, 5.41) is 8.60. The van der Waals surface area contributed by atoms with Crippen molar-refractivity contribution in [1.82, 2.24) is 0 Å². The van der Waals surface area contributed by atoms with E-state index in [1.54, 1.807) is 0 Å². The second-order valence-corrected chi connectivity index (χ2v) is 3.02. The lowest BCUT2D eigenvalue weighted by molar-refractivity contribution is 0.563. The molecule has 2 bridgehead atoms. The highest BCUT2D eigenvalue weighted by atomic mass is 14.4. The fraction of sp³-hybridized carbons (Fsp3) is 0.500. The lowest BCUT2D eigenvalue weighted by atomic mass is 9.95. The minimum Gasteiger partial charge on any atom is -0.198 e. The Bertz CT molecular complexity index is 199. The maximum atomic E-state index is 8.60. The van der Waals surface area contributed by atoms with Gasteiger partial charge in [-0.25, -0.2) is 0 Å².